The zero-order valence-corrected chi connectivity index (χ0v) is 12.3. The Balaban J connectivity index is 1.67. The van der Waals surface area contributed by atoms with E-state index < -0.39 is 0 Å². The van der Waals surface area contributed by atoms with Gasteiger partial charge in [-0.15, -0.1) is 0 Å². The summed E-state index contributed by atoms with van der Waals surface area (Å²) in [7, 11) is 1.88. The number of hydrogen-bond donors (Lipinski definition) is 0. The predicted octanol–water partition coefficient (Wildman–Crippen LogP) is 2.64. The Labute approximate surface area is 127 Å². The van der Waals surface area contributed by atoms with Crippen LogP contribution in [0.2, 0.25) is 0 Å². The van der Waals surface area contributed by atoms with Gasteiger partial charge in [-0.1, -0.05) is 35.5 Å². The molecule has 0 spiro atoms. The number of rotatable bonds is 3. The second kappa shape index (κ2) is 5.38. The van der Waals surface area contributed by atoms with E-state index in [4.69, 9.17) is 9.26 Å². The molecule has 3 aromatic rings. The molecule has 0 bridgehead atoms. The van der Waals surface area contributed by atoms with Gasteiger partial charge in [-0.3, -0.25) is 4.68 Å². The summed E-state index contributed by atoms with van der Waals surface area (Å²) in [6, 6.07) is 12.0. The largest absolute Gasteiger partial charge is 0.381 e. The second-order valence-corrected chi connectivity index (χ2v) is 5.42. The van der Waals surface area contributed by atoms with Crippen molar-refractivity contribution in [3.8, 4) is 22.8 Å². The Kier molecular flexibility index (Phi) is 3.23. The minimum Gasteiger partial charge on any atom is -0.381 e. The van der Waals surface area contributed by atoms with Gasteiger partial charge in [0.2, 0.25) is 0 Å². The topological polar surface area (TPSA) is 66.0 Å². The van der Waals surface area contributed by atoms with Gasteiger partial charge in [-0.25, -0.2) is 0 Å². The molecule has 0 amide bonds. The molecule has 1 aliphatic heterocycles. The van der Waals surface area contributed by atoms with E-state index in [1.807, 2.05) is 43.4 Å². The van der Waals surface area contributed by atoms with E-state index in [9.17, 15) is 0 Å². The average molecular weight is 296 g/mol. The lowest BCUT2D eigenvalue weighted by Crippen LogP contribution is -2.00. The van der Waals surface area contributed by atoms with Gasteiger partial charge in [-0.05, 0) is 12.5 Å². The molecule has 112 valence electrons. The first-order chi connectivity index (χ1) is 10.8. The highest BCUT2D eigenvalue weighted by atomic mass is 16.5. The fraction of sp³-hybridized carbons (Fsp3) is 0.312. The Morgan fingerprint density at radius 3 is 2.86 bits per heavy atom. The van der Waals surface area contributed by atoms with Crippen molar-refractivity contribution in [3.63, 3.8) is 0 Å². The Hall–Kier alpha value is -2.47. The third-order valence-corrected chi connectivity index (χ3v) is 3.91. The van der Waals surface area contributed by atoms with E-state index in [0.717, 1.165) is 35.8 Å². The van der Waals surface area contributed by atoms with Crippen LogP contribution in [0.1, 0.15) is 18.2 Å². The van der Waals surface area contributed by atoms with Crippen LogP contribution in [0.4, 0.5) is 0 Å². The van der Waals surface area contributed by atoms with E-state index in [2.05, 4.69) is 15.2 Å². The van der Waals surface area contributed by atoms with Crippen molar-refractivity contribution in [3.05, 3.63) is 42.2 Å². The summed E-state index contributed by atoms with van der Waals surface area (Å²) >= 11 is 0. The van der Waals surface area contributed by atoms with Crippen molar-refractivity contribution in [1.29, 1.82) is 0 Å². The molecular weight excluding hydrogens is 280 g/mol. The standard InChI is InChI=1S/C16H16N4O2/c1-20-14(9-13(18-20)11-5-3-2-4-6-11)16-17-15(19-22-16)12-7-8-21-10-12/h2-6,9,12H,7-8,10H2,1H3/t12-/m1/s1. The lowest BCUT2D eigenvalue weighted by molar-refractivity contribution is 0.192. The van der Waals surface area contributed by atoms with Crippen molar-refractivity contribution in [2.45, 2.75) is 12.3 Å². The van der Waals surface area contributed by atoms with E-state index in [1.165, 1.54) is 0 Å². The third kappa shape index (κ3) is 2.31. The van der Waals surface area contributed by atoms with Crippen molar-refractivity contribution < 1.29 is 9.26 Å². The van der Waals surface area contributed by atoms with Crippen LogP contribution in [0.15, 0.2) is 40.9 Å². The van der Waals surface area contributed by atoms with Gasteiger partial charge in [0.25, 0.3) is 5.89 Å². The number of ether oxygens (including phenoxy) is 1. The van der Waals surface area contributed by atoms with Crippen molar-refractivity contribution >= 4 is 0 Å². The molecule has 3 heterocycles. The van der Waals surface area contributed by atoms with Gasteiger partial charge in [-0.2, -0.15) is 10.1 Å². The lowest BCUT2D eigenvalue weighted by Gasteiger charge is -1.97. The van der Waals surface area contributed by atoms with Crippen LogP contribution in [-0.2, 0) is 11.8 Å². The molecule has 1 aliphatic rings. The molecule has 0 saturated carbocycles. The van der Waals surface area contributed by atoms with E-state index in [1.54, 1.807) is 4.68 Å². The first kappa shape index (κ1) is 13.2. The molecule has 0 unspecified atom stereocenters. The number of nitrogens with zero attached hydrogens (tertiary/aromatic N) is 4. The highest BCUT2D eigenvalue weighted by Gasteiger charge is 2.24. The number of benzene rings is 1. The maximum absolute atomic E-state index is 5.42. The Morgan fingerprint density at radius 1 is 1.23 bits per heavy atom. The van der Waals surface area contributed by atoms with Crippen LogP contribution in [0.5, 0.6) is 0 Å². The second-order valence-electron chi connectivity index (χ2n) is 5.42. The molecule has 1 atom stereocenters. The first-order valence-corrected chi connectivity index (χ1v) is 7.32. The zero-order valence-electron chi connectivity index (χ0n) is 12.3. The molecule has 22 heavy (non-hydrogen) atoms. The minimum absolute atomic E-state index is 0.235. The number of aryl methyl sites for hydroxylation is 1. The maximum Gasteiger partial charge on any atom is 0.276 e. The molecule has 2 aromatic heterocycles. The van der Waals surface area contributed by atoms with Gasteiger partial charge in [0.1, 0.15) is 5.69 Å². The summed E-state index contributed by atoms with van der Waals surface area (Å²) in [4.78, 5) is 4.51. The quantitative estimate of drug-likeness (QED) is 0.743. The Bertz CT molecular complexity index is 773. The summed E-state index contributed by atoms with van der Waals surface area (Å²) < 4.78 is 12.6. The molecule has 1 saturated heterocycles. The summed E-state index contributed by atoms with van der Waals surface area (Å²) in [6.45, 7) is 1.43. The van der Waals surface area contributed by atoms with Crippen LogP contribution < -0.4 is 0 Å². The molecule has 0 aliphatic carbocycles. The van der Waals surface area contributed by atoms with Gasteiger partial charge in [0.15, 0.2) is 5.82 Å². The van der Waals surface area contributed by atoms with Crippen molar-refractivity contribution in [1.82, 2.24) is 19.9 Å². The molecule has 6 heteroatoms. The molecular formula is C16H16N4O2. The fourth-order valence-corrected chi connectivity index (χ4v) is 2.66. The molecule has 0 N–H and O–H groups in total. The number of hydrogen-bond acceptors (Lipinski definition) is 5. The lowest BCUT2D eigenvalue weighted by atomic mass is 10.1. The van der Waals surface area contributed by atoms with E-state index in [0.29, 0.717) is 12.5 Å². The summed E-state index contributed by atoms with van der Waals surface area (Å²) in [5.41, 5.74) is 2.77. The first-order valence-electron chi connectivity index (χ1n) is 7.32. The van der Waals surface area contributed by atoms with Gasteiger partial charge < -0.3 is 9.26 Å². The summed E-state index contributed by atoms with van der Waals surface area (Å²) in [6.07, 6.45) is 0.944. The van der Waals surface area contributed by atoms with Crippen molar-refractivity contribution in [2.24, 2.45) is 7.05 Å². The van der Waals surface area contributed by atoms with E-state index in [-0.39, 0.29) is 5.92 Å². The average Bonchev–Trinajstić information content (AvgIpc) is 3.28. The highest BCUT2D eigenvalue weighted by Crippen LogP contribution is 2.27. The monoisotopic (exact) mass is 296 g/mol. The highest BCUT2D eigenvalue weighted by molar-refractivity contribution is 5.64. The number of aromatic nitrogens is 4. The third-order valence-electron chi connectivity index (χ3n) is 3.91. The smallest absolute Gasteiger partial charge is 0.276 e. The van der Waals surface area contributed by atoms with Crippen LogP contribution in [0.25, 0.3) is 22.8 Å². The SMILES string of the molecule is Cn1nc(-c2ccccc2)cc1-c1nc([C@@H]2CCOC2)no1. The molecule has 1 aromatic carbocycles. The minimum atomic E-state index is 0.235. The van der Waals surface area contributed by atoms with Gasteiger partial charge >= 0.3 is 0 Å². The zero-order chi connectivity index (χ0) is 14.9. The van der Waals surface area contributed by atoms with Crippen molar-refractivity contribution in [2.75, 3.05) is 13.2 Å². The molecule has 0 radical (unpaired) electrons. The Morgan fingerprint density at radius 2 is 2.09 bits per heavy atom. The van der Waals surface area contributed by atoms with Crippen LogP contribution >= 0.6 is 0 Å². The molecule has 1 fully saturated rings. The predicted molar refractivity (Wildman–Crippen MR) is 80.1 cm³/mol. The molecule has 6 nitrogen and oxygen atoms in total. The van der Waals surface area contributed by atoms with Crippen LogP contribution in [0.3, 0.4) is 0 Å². The van der Waals surface area contributed by atoms with Gasteiger partial charge in [0, 0.05) is 25.1 Å². The van der Waals surface area contributed by atoms with Crippen LogP contribution in [-0.4, -0.2) is 33.1 Å². The van der Waals surface area contributed by atoms with Crippen LogP contribution in [0, 0.1) is 0 Å². The van der Waals surface area contributed by atoms with E-state index >= 15 is 0 Å². The van der Waals surface area contributed by atoms with Gasteiger partial charge in [0.05, 0.1) is 12.3 Å². The maximum atomic E-state index is 5.42. The normalized spacial score (nSPS) is 18.0. The summed E-state index contributed by atoms with van der Waals surface area (Å²) in [5, 5.41) is 8.62. The molecule has 4 rings (SSSR count). The summed E-state index contributed by atoms with van der Waals surface area (Å²) in [5.74, 6) is 1.45. The fourth-order valence-electron chi connectivity index (χ4n) is 2.66.